The summed E-state index contributed by atoms with van der Waals surface area (Å²) in [6.45, 7) is 8.86. The number of benzene rings is 1. The minimum atomic E-state index is -0.989. The first-order valence-corrected chi connectivity index (χ1v) is 12.3. The molecule has 33 heavy (non-hydrogen) atoms. The number of hydrogen-bond acceptors (Lipinski definition) is 5. The number of carbonyl (C=O) groups excluding carboxylic acids is 2. The summed E-state index contributed by atoms with van der Waals surface area (Å²) >= 11 is 0. The number of methoxy groups -OCH3 is 2. The lowest BCUT2D eigenvalue weighted by Gasteiger charge is -2.40. The molecule has 0 spiro atoms. The van der Waals surface area contributed by atoms with E-state index in [1.165, 1.54) is 6.42 Å². The minimum Gasteiger partial charge on any atom is -0.496 e. The fourth-order valence-electron chi connectivity index (χ4n) is 4.99. The summed E-state index contributed by atoms with van der Waals surface area (Å²) in [5.74, 6) is 0.885. The number of unbranched alkanes of at least 4 members (excludes halogenated alkanes) is 1. The predicted octanol–water partition coefficient (Wildman–Crippen LogP) is 4.81. The van der Waals surface area contributed by atoms with Crippen LogP contribution in [-0.4, -0.2) is 61.8 Å². The van der Waals surface area contributed by atoms with Gasteiger partial charge in [-0.25, -0.2) is 0 Å². The van der Waals surface area contributed by atoms with Crippen LogP contribution >= 0.6 is 0 Å². The average molecular weight is 461 g/mol. The summed E-state index contributed by atoms with van der Waals surface area (Å²) < 4.78 is 16.9. The Labute approximate surface area is 198 Å². The summed E-state index contributed by atoms with van der Waals surface area (Å²) in [6.07, 6.45) is 7.22. The topological polar surface area (TPSA) is 68.3 Å². The van der Waals surface area contributed by atoms with Gasteiger partial charge in [-0.05, 0) is 59.4 Å². The Kier molecular flexibility index (Phi) is 8.27. The molecule has 0 atom stereocenters. The van der Waals surface area contributed by atoms with Crippen LogP contribution in [0.2, 0.25) is 0 Å². The van der Waals surface area contributed by atoms with Gasteiger partial charge in [0.2, 0.25) is 0 Å². The number of hydrogen-bond donors (Lipinski definition) is 0. The average Bonchev–Trinajstić information content (AvgIpc) is 2.78. The molecule has 1 heterocycles. The molecule has 0 N–H and O–H groups in total. The third-order valence-corrected chi connectivity index (χ3v) is 6.67. The van der Waals surface area contributed by atoms with E-state index < -0.39 is 5.60 Å². The third-order valence-electron chi connectivity index (χ3n) is 6.67. The smallest absolute Gasteiger partial charge is 0.270 e. The van der Waals surface area contributed by atoms with Gasteiger partial charge in [0.15, 0.2) is 5.60 Å². The quantitative estimate of drug-likeness (QED) is 0.495. The molecule has 0 bridgehead atoms. The lowest BCUT2D eigenvalue weighted by molar-refractivity contribution is -0.132. The second kappa shape index (κ2) is 10.8. The van der Waals surface area contributed by atoms with Crippen molar-refractivity contribution in [1.82, 2.24) is 4.90 Å². The maximum atomic E-state index is 13.9. The standard InChI is InChI=1S/C26H40N2O5/c1-18(2)28(19-12-8-7-9-13-19)24(29)20-16-21-23(17-22(20)32-6)33-26(3,4)25(30)27(21)14-10-11-15-31-5/h16-19H,7-15H2,1-6H3. The van der Waals surface area contributed by atoms with Gasteiger partial charge >= 0.3 is 0 Å². The van der Waals surface area contributed by atoms with Gasteiger partial charge in [0.1, 0.15) is 11.5 Å². The molecular formula is C26H40N2O5. The molecule has 184 valence electrons. The van der Waals surface area contributed by atoms with Gasteiger partial charge in [0.25, 0.3) is 11.8 Å². The van der Waals surface area contributed by atoms with Crippen molar-refractivity contribution in [2.75, 3.05) is 32.3 Å². The summed E-state index contributed by atoms with van der Waals surface area (Å²) in [6, 6.07) is 3.86. The molecule has 3 rings (SSSR count). The predicted molar refractivity (Wildman–Crippen MR) is 129 cm³/mol. The van der Waals surface area contributed by atoms with E-state index in [0.717, 1.165) is 38.5 Å². The van der Waals surface area contributed by atoms with Crippen molar-refractivity contribution in [3.8, 4) is 11.5 Å². The summed E-state index contributed by atoms with van der Waals surface area (Å²) in [5.41, 5.74) is 0.124. The first-order valence-electron chi connectivity index (χ1n) is 12.3. The highest BCUT2D eigenvalue weighted by Gasteiger charge is 2.42. The number of ether oxygens (including phenoxy) is 3. The molecule has 0 unspecified atom stereocenters. The van der Waals surface area contributed by atoms with E-state index in [-0.39, 0.29) is 23.9 Å². The Morgan fingerprint density at radius 3 is 2.48 bits per heavy atom. The fourth-order valence-corrected chi connectivity index (χ4v) is 4.99. The van der Waals surface area contributed by atoms with E-state index in [0.29, 0.717) is 35.9 Å². The molecule has 1 aromatic carbocycles. The van der Waals surface area contributed by atoms with Crippen LogP contribution in [0.15, 0.2) is 12.1 Å². The van der Waals surface area contributed by atoms with Gasteiger partial charge in [-0.2, -0.15) is 0 Å². The number of fused-ring (bicyclic) bond motifs is 1. The van der Waals surface area contributed by atoms with Crippen molar-refractivity contribution in [2.24, 2.45) is 0 Å². The second-order valence-electron chi connectivity index (χ2n) is 9.89. The Morgan fingerprint density at radius 2 is 1.88 bits per heavy atom. The zero-order valence-corrected chi connectivity index (χ0v) is 21.1. The summed E-state index contributed by atoms with van der Waals surface area (Å²) in [7, 11) is 3.25. The Hall–Kier alpha value is -2.28. The number of amides is 2. The summed E-state index contributed by atoms with van der Waals surface area (Å²) in [5, 5.41) is 0. The van der Waals surface area contributed by atoms with Crippen molar-refractivity contribution in [1.29, 1.82) is 0 Å². The molecule has 1 saturated carbocycles. The Bertz CT molecular complexity index is 845. The van der Waals surface area contributed by atoms with Crippen molar-refractivity contribution >= 4 is 17.5 Å². The van der Waals surface area contributed by atoms with E-state index >= 15 is 0 Å². The van der Waals surface area contributed by atoms with E-state index in [1.807, 2.05) is 4.90 Å². The van der Waals surface area contributed by atoms with Crippen LogP contribution in [0.25, 0.3) is 0 Å². The van der Waals surface area contributed by atoms with Gasteiger partial charge in [0.05, 0.1) is 18.4 Å². The molecule has 7 heteroatoms. The zero-order chi connectivity index (χ0) is 24.2. The molecule has 0 aromatic heterocycles. The molecule has 1 fully saturated rings. The highest BCUT2D eigenvalue weighted by Crippen LogP contribution is 2.43. The number of carbonyl (C=O) groups is 2. The van der Waals surface area contributed by atoms with Crippen LogP contribution in [-0.2, 0) is 9.53 Å². The normalized spacial score (nSPS) is 18.2. The Morgan fingerprint density at radius 1 is 1.18 bits per heavy atom. The molecule has 1 aliphatic heterocycles. The molecule has 1 aliphatic carbocycles. The van der Waals surface area contributed by atoms with E-state index in [4.69, 9.17) is 14.2 Å². The van der Waals surface area contributed by atoms with E-state index in [2.05, 4.69) is 13.8 Å². The Balaban J connectivity index is 2.00. The highest BCUT2D eigenvalue weighted by atomic mass is 16.5. The maximum Gasteiger partial charge on any atom is 0.270 e. The fraction of sp³-hybridized carbons (Fsp3) is 0.692. The second-order valence-corrected chi connectivity index (χ2v) is 9.89. The molecular weight excluding hydrogens is 420 g/mol. The molecule has 0 saturated heterocycles. The van der Waals surface area contributed by atoms with Crippen molar-refractivity contribution < 1.29 is 23.8 Å². The first-order chi connectivity index (χ1) is 15.7. The maximum absolute atomic E-state index is 13.9. The lowest BCUT2D eigenvalue weighted by atomic mass is 9.92. The first kappa shape index (κ1) is 25.3. The van der Waals surface area contributed by atoms with Crippen LogP contribution in [0, 0.1) is 0 Å². The molecule has 7 nitrogen and oxygen atoms in total. The van der Waals surface area contributed by atoms with Crippen molar-refractivity contribution in [2.45, 2.75) is 90.3 Å². The monoisotopic (exact) mass is 460 g/mol. The van der Waals surface area contributed by atoms with Gasteiger partial charge in [-0.15, -0.1) is 0 Å². The van der Waals surface area contributed by atoms with Gasteiger partial charge < -0.3 is 24.0 Å². The van der Waals surface area contributed by atoms with Crippen LogP contribution in [0.5, 0.6) is 11.5 Å². The van der Waals surface area contributed by atoms with Gasteiger partial charge in [0, 0.05) is 38.4 Å². The number of rotatable bonds is 9. The zero-order valence-electron chi connectivity index (χ0n) is 21.1. The van der Waals surface area contributed by atoms with Crippen molar-refractivity contribution in [3.05, 3.63) is 17.7 Å². The highest BCUT2D eigenvalue weighted by molar-refractivity contribution is 6.05. The number of anilines is 1. The van der Waals surface area contributed by atoms with E-state index in [9.17, 15) is 9.59 Å². The van der Waals surface area contributed by atoms with E-state index in [1.54, 1.807) is 45.1 Å². The number of nitrogens with zero attached hydrogens (tertiary/aromatic N) is 2. The van der Waals surface area contributed by atoms with Crippen molar-refractivity contribution in [3.63, 3.8) is 0 Å². The lowest BCUT2D eigenvalue weighted by Crippen LogP contribution is -2.53. The SMILES string of the molecule is COCCCCN1C(=O)C(C)(C)Oc2cc(OC)c(C(=O)N(C(C)C)C3CCCCC3)cc21. The minimum absolute atomic E-state index is 0.0480. The molecule has 1 aromatic rings. The molecule has 2 aliphatic rings. The van der Waals surface area contributed by atoms with Gasteiger partial charge in [-0.1, -0.05) is 19.3 Å². The van der Waals surface area contributed by atoms with Gasteiger partial charge in [-0.3, -0.25) is 9.59 Å². The van der Waals surface area contributed by atoms with Crippen LogP contribution in [0.1, 0.15) is 83.0 Å². The molecule has 2 amide bonds. The van der Waals surface area contributed by atoms with Crippen LogP contribution in [0.4, 0.5) is 5.69 Å². The van der Waals surface area contributed by atoms with Crippen LogP contribution in [0.3, 0.4) is 0 Å². The van der Waals surface area contributed by atoms with Crippen LogP contribution < -0.4 is 14.4 Å². The molecule has 0 radical (unpaired) electrons. The third kappa shape index (κ3) is 5.45. The summed E-state index contributed by atoms with van der Waals surface area (Å²) in [4.78, 5) is 30.8. The largest absolute Gasteiger partial charge is 0.496 e.